The summed E-state index contributed by atoms with van der Waals surface area (Å²) in [4.78, 5) is 15.7. The molecule has 3 heterocycles. The van der Waals surface area contributed by atoms with E-state index in [0.29, 0.717) is 17.6 Å². The summed E-state index contributed by atoms with van der Waals surface area (Å²) in [6, 6.07) is 67.4. The van der Waals surface area contributed by atoms with Gasteiger partial charge in [-0.2, -0.15) is 9.97 Å². The number of benzene rings is 8. The minimum atomic E-state index is 0.0550. The Bertz CT molecular complexity index is 3530. The molecule has 0 saturated heterocycles. The zero-order valence-electron chi connectivity index (χ0n) is 35.8. The molecule has 0 spiro atoms. The first-order valence-corrected chi connectivity index (χ1v) is 21.9. The van der Waals surface area contributed by atoms with Crippen LogP contribution in [0.1, 0.15) is 45.2 Å². The van der Waals surface area contributed by atoms with Crippen LogP contribution >= 0.6 is 0 Å². The molecule has 3 aromatic heterocycles. The molecule has 0 atom stereocenters. The van der Waals surface area contributed by atoms with Gasteiger partial charge in [0.25, 0.3) is 0 Å². The fraction of sp³-hybridized carbons (Fsp3) is 0.121. The van der Waals surface area contributed by atoms with Crippen molar-refractivity contribution in [3.63, 3.8) is 0 Å². The Kier molecular flexibility index (Phi) is 8.23. The van der Waals surface area contributed by atoms with Gasteiger partial charge in [-0.1, -0.05) is 191 Å². The van der Waals surface area contributed by atoms with Crippen molar-refractivity contribution in [2.24, 2.45) is 0 Å². The topological polar surface area (TPSA) is 48.5 Å². The average Bonchev–Trinajstić information content (AvgIpc) is 3.91. The molecule has 0 N–H and O–H groups in total. The van der Waals surface area contributed by atoms with Gasteiger partial charge in [0.1, 0.15) is 0 Å². The molecule has 1 aliphatic rings. The Hall–Kier alpha value is -7.63. The Balaban J connectivity index is 1.14. The maximum Gasteiger partial charge on any atom is 0.238 e. The van der Waals surface area contributed by atoms with Crippen LogP contribution in [-0.4, -0.2) is 24.1 Å². The Morgan fingerprint density at radius 3 is 1.56 bits per heavy atom. The lowest BCUT2D eigenvalue weighted by Gasteiger charge is -2.24. The molecule has 1 aliphatic carbocycles. The highest BCUT2D eigenvalue weighted by Crippen LogP contribution is 2.53. The van der Waals surface area contributed by atoms with Gasteiger partial charge in [0.2, 0.25) is 5.95 Å². The fourth-order valence-corrected chi connectivity index (χ4v) is 11.0. The summed E-state index contributed by atoms with van der Waals surface area (Å²) < 4.78 is 4.72. The molecule has 0 radical (unpaired) electrons. The number of fused-ring (bicyclic) bond motifs is 8. The van der Waals surface area contributed by atoms with Crippen LogP contribution in [0.4, 0.5) is 0 Å². The van der Waals surface area contributed by atoms with Crippen LogP contribution in [0.2, 0.25) is 0 Å². The molecule has 8 aromatic carbocycles. The molecule has 302 valence electrons. The van der Waals surface area contributed by atoms with E-state index >= 15 is 0 Å². The number of nitrogens with zero attached hydrogens (tertiary/aromatic N) is 5. The summed E-state index contributed by atoms with van der Waals surface area (Å²) >= 11 is 0. The van der Waals surface area contributed by atoms with E-state index in [4.69, 9.17) is 15.0 Å². The summed E-state index contributed by atoms with van der Waals surface area (Å²) in [5, 5.41) is 4.62. The molecular formula is C58H45N5. The van der Waals surface area contributed by atoms with Crippen molar-refractivity contribution in [2.75, 3.05) is 0 Å². The van der Waals surface area contributed by atoms with Crippen LogP contribution in [-0.2, 0) is 10.8 Å². The molecule has 63 heavy (non-hydrogen) atoms. The van der Waals surface area contributed by atoms with Crippen molar-refractivity contribution < 1.29 is 0 Å². The van der Waals surface area contributed by atoms with Gasteiger partial charge in [-0.25, -0.2) is 4.98 Å². The summed E-state index contributed by atoms with van der Waals surface area (Å²) in [5.41, 5.74) is 15.4. The third-order valence-electron chi connectivity index (χ3n) is 13.3. The van der Waals surface area contributed by atoms with Crippen molar-refractivity contribution in [2.45, 2.75) is 44.9 Å². The second-order valence-corrected chi connectivity index (χ2v) is 18.3. The van der Waals surface area contributed by atoms with Gasteiger partial charge >= 0.3 is 0 Å². The largest absolute Gasteiger partial charge is 0.307 e. The summed E-state index contributed by atoms with van der Waals surface area (Å²) in [7, 11) is 0. The molecular weight excluding hydrogens is 767 g/mol. The zero-order valence-corrected chi connectivity index (χ0v) is 35.8. The Morgan fingerprint density at radius 1 is 0.397 bits per heavy atom. The lowest BCUT2D eigenvalue weighted by Crippen LogP contribution is -2.18. The van der Waals surface area contributed by atoms with E-state index in [-0.39, 0.29) is 10.8 Å². The normalized spacial score (nSPS) is 14.2. The SMILES string of the molecule is CC1(C)CC(C)(C)c2c(-c3ccccc3-c3cccc(-n4c5ccccc5c5ccc6c7ccccc7n(-c7nc(-c8ccccc8)nc(-c8ccccc8)n7)c6c54)c3)cccc21. The van der Waals surface area contributed by atoms with Crippen molar-refractivity contribution in [3.8, 4) is 56.7 Å². The van der Waals surface area contributed by atoms with Crippen LogP contribution in [0.15, 0.2) is 188 Å². The van der Waals surface area contributed by atoms with Gasteiger partial charge in [0.05, 0.1) is 22.1 Å². The van der Waals surface area contributed by atoms with E-state index in [2.05, 4.69) is 188 Å². The molecule has 0 aliphatic heterocycles. The first-order chi connectivity index (χ1) is 30.7. The maximum absolute atomic E-state index is 5.30. The van der Waals surface area contributed by atoms with Crippen molar-refractivity contribution >= 4 is 43.6 Å². The number of hydrogen-bond acceptors (Lipinski definition) is 3. The van der Waals surface area contributed by atoms with Crippen LogP contribution in [0.3, 0.4) is 0 Å². The minimum absolute atomic E-state index is 0.0550. The van der Waals surface area contributed by atoms with Crippen LogP contribution in [0.5, 0.6) is 0 Å². The predicted octanol–water partition coefficient (Wildman–Crippen LogP) is 14.7. The second-order valence-electron chi connectivity index (χ2n) is 18.3. The number of para-hydroxylation sites is 2. The van der Waals surface area contributed by atoms with E-state index in [1.807, 2.05) is 36.4 Å². The van der Waals surface area contributed by atoms with Crippen LogP contribution in [0.25, 0.3) is 100 Å². The first kappa shape index (κ1) is 37.2. The third kappa shape index (κ3) is 5.80. The van der Waals surface area contributed by atoms with Gasteiger partial charge in [-0.3, -0.25) is 4.57 Å². The van der Waals surface area contributed by atoms with Crippen molar-refractivity contribution in [1.29, 1.82) is 0 Å². The van der Waals surface area contributed by atoms with E-state index in [1.54, 1.807) is 0 Å². The molecule has 0 amide bonds. The molecule has 5 heteroatoms. The van der Waals surface area contributed by atoms with E-state index in [1.165, 1.54) is 44.2 Å². The van der Waals surface area contributed by atoms with Crippen molar-refractivity contribution in [1.82, 2.24) is 24.1 Å². The Morgan fingerprint density at radius 2 is 0.905 bits per heavy atom. The van der Waals surface area contributed by atoms with Crippen molar-refractivity contribution in [3.05, 3.63) is 199 Å². The van der Waals surface area contributed by atoms with Gasteiger partial charge < -0.3 is 4.57 Å². The molecule has 5 nitrogen and oxygen atoms in total. The molecule has 0 fully saturated rings. The Labute approximate surface area is 367 Å². The quantitative estimate of drug-likeness (QED) is 0.168. The molecule has 0 bridgehead atoms. The smallest absolute Gasteiger partial charge is 0.238 e. The zero-order chi connectivity index (χ0) is 42.5. The number of hydrogen-bond donors (Lipinski definition) is 0. The van der Waals surface area contributed by atoms with Gasteiger partial charge in [-0.15, -0.1) is 0 Å². The van der Waals surface area contributed by atoms with Crippen LogP contribution < -0.4 is 0 Å². The van der Waals surface area contributed by atoms with E-state index in [0.717, 1.165) is 56.1 Å². The highest BCUT2D eigenvalue weighted by Gasteiger charge is 2.43. The number of rotatable bonds is 6. The summed E-state index contributed by atoms with van der Waals surface area (Å²) in [5.74, 6) is 1.82. The third-order valence-corrected chi connectivity index (χ3v) is 13.3. The average molecular weight is 812 g/mol. The molecule has 0 unspecified atom stereocenters. The van der Waals surface area contributed by atoms with Gasteiger partial charge in [0.15, 0.2) is 11.6 Å². The first-order valence-electron chi connectivity index (χ1n) is 21.9. The monoisotopic (exact) mass is 811 g/mol. The molecule has 0 saturated carbocycles. The van der Waals surface area contributed by atoms with E-state index in [9.17, 15) is 0 Å². The molecule has 12 rings (SSSR count). The standard InChI is InChI=1S/C58H45N5/c1-57(2)36-58(3,4)51-45(29-18-30-48(51)57)42-26-12-11-25-41(42)39-23-17-24-40(35-39)62-49-31-15-13-27-43(49)46-33-34-47-44-28-14-16-32-50(44)63(53(47)52(46)62)56-60-54(37-19-7-5-8-20-37)59-55(61-56)38-21-9-6-10-22-38/h5-35H,36H2,1-4H3. The summed E-state index contributed by atoms with van der Waals surface area (Å²) in [6.07, 6.45) is 1.12. The lowest BCUT2D eigenvalue weighted by atomic mass is 9.79. The minimum Gasteiger partial charge on any atom is -0.307 e. The van der Waals surface area contributed by atoms with Crippen LogP contribution in [0, 0.1) is 0 Å². The second kappa shape index (κ2) is 13.9. The van der Waals surface area contributed by atoms with Gasteiger partial charge in [0, 0.05) is 38.4 Å². The molecule has 11 aromatic rings. The summed E-state index contributed by atoms with van der Waals surface area (Å²) in [6.45, 7) is 9.62. The predicted molar refractivity (Wildman–Crippen MR) is 261 cm³/mol. The lowest BCUT2D eigenvalue weighted by molar-refractivity contribution is 0.403. The fourth-order valence-electron chi connectivity index (χ4n) is 11.0. The van der Waals surface area contributed by atoms with Gasteiger partial charge in [-0.05, 0) is 74.9 Å². The maximum atomic E-state index is 5.30. The highest BCUT2D eigenvalue weighted by atomic mass is 15.2. The number of aromatic nitrogens is 5. The van der Waals surface area contributed by atoms with E-state index < -0.39 is 0 Å². The highest BCUT2D eigenvalue weighted by molar-refractivity contribution is 6.23.